The Bertz CT molecular complexity index is 854. The van der Waals surface area contributed by atoms with Crippen LogP contribution in [0.4, 0.5) is 0 Å². The molecular formula is C23H31N3OS. The van der Waals surface area contributed by atoms with Crippen molar-refractivity contribution in [3.63, 3.8) is 0 Å². The van der Waals surface area contributed by atoms with Gasteiger partial charge in [-0.3, -0.25) is 14.6 Å². The first kappa shape index (κ1) is 19.7. The monoisotopic (exact) mass is 397 g/mol. The van der Waals surface area contributed by atoms with Crippen molar-refractivity contribution < 1.29 is 4.79 Å². The maximum absolute atomic E-state index is 13.1. The molecule has 4 nitrogen and oxygen atoms in total. The number of Topliss-reactive ketones (excluding diaryl/α,β-unsaturated/α-hetero) is 1. The van der Waals surface area contributed by atoms with Crippen LogP contribution in [0.25, 0.3) is 5.69 Å². The van der Waals surface area contributed by atoms with E-state index in [1.165, 1.54) is 37.2 Å². The maximum Gasteiger partial charge on any atom is 0.178 e. The van der Waals surface area contributed by atoms with Crippen LogP contribution in [0.1, 0.15) is 41.0 Å². The fourth-order valence-electron chi connectivity index (χ4n) is 4.84. The number of carbonyl (C=O) groups excluding carboxylic acids is 1. The van der Waals surface area contributed by atoms with Crippen molar-refractivity contribution in [1.82, 2.24) is 14.4 Å². The Morgan fingerprint density at radius 3 is 2.68 bits per heavy atom. The zero-order valence-corrected chi connectivity index (χ0v) is 18.1. The van der Waals surface area contributed by atoms with E-state index in [1.54, 1.807) is 11.8 Å². The molecular weight excluding hydrogens is 366 g/mol. The first-order valence-electron chi connectivity index (χ1n) is 10.4. The zero-order valence-electron chi connectivity index (χ0n) is 17.3. The number of nitrogens with zero attached hydrogens (tertiary/aromatic N) is 3. The summed E-state index contributed by atoms with van der Waals surface area (Å²) in [5.74, 6) is 0.252. The lowest BCUT2D eigenvalue weighted by molar-refractivity contribution is 0.0939. The van der Waals surface area contributed by atoms with Crippen LogP contribution < -0.4 is 0 Å². The lowest BCUT2D eigenvalue weighted by atomic mass is 10.1. The van der Waals surface area contributed by atoms with Gasteiger partial charge in [0.05, 0.1) is 6.54 Å². The molecule has 0 aliphatic carbocycles. The highest BCUT2D eigenvalue weighted by Gasteiger charge is 2.30. The molecule has 5 heteroatoms. The van der Waals surface area contributed by atoms with Gasteiger partial charge in [0, 0.05) is 46.7 Å². The van der Waals surface area contributed by atoms with E-state index in [1.807, 2.05) is 0 Å². The molecule has 0 N–H and O–H groups in total. The minimum atomic E-state index is 0.252. The number of carbonyl (C=O) groups is 1. The Kier molecular flexibility index (Phi) is 5.95. The molecule has 0 spiro atoms. The van der Waals surface area contributed by atoms with Crippen LogP contribution in [0, 0.1) is 13.8 Å². The molecule has 2 fully saturated rings. The molecule has 2 saturated heterocycles. The second-order valence-electron chi connectivity index (χ2n) is 8.17. The van der Waals surface area contributed by atoms with E-state index in [4.69, 9.17) is 0 Å². The number of aryl methyl sites for hydroxylation is 1. The van der Waals surface area contributed by atoms with Gasteiger partial charge in [-0.25, -0.2) is 0 Å². The molecule has 1 aromatic heterocycles. The zero-order chi connectivity index (χ0) is 19.7. The van der Waals surface area contributed by atoms with Gasteiger partial charge in [0.15, 0.2) is 5.78 Å². The van der Waals surface area contributed by atoms with E-state index in [9.17, 15) is 4.79 Å². The van der Waals surface area contributed by atoms with Crippen molar-refractivity contribution in [1.29, 1.82) is 0 Å². The summed E-state index contributed by atoms with van der Waals surface area (Å²) in [6.45, 7) is 9.27. The number of ketones is 1. The molecule has 150 valence electrons. The van der Waals surface area contributed by atoms with Crippen LogP contribution in [-0.2, 0) is 0 Å². The van der Waals surface area contributed by atoms with E-state index >= 15 is 0 Å². The van der Waals surface area contributed by atoms with Gasteiger partial charge in [0.1, 0.15) is 0 Å². The second kappa shape index (κ2) is 8.44. The Morgan fingerprint density at radius 2 is 1.93 bits per heavy atom. The second-order valence-corrected chi connectivity index (χ2v) is 9.05. The molecule has 0 amide bonds. The summed E-state index contributed by atoms with van der Waals surface area (Å²) in [6.07, 6.45) is 5.96. The maximum atomic E-state index is 13.1. The number of aromatic nitrogens is 1. The van der Waals surface area contributed by atoms with Crippen LogP contribution in [-0.4, -0.2) is 65.2 Å². The number of hydrogen-bond acceptors (Lipinski definition) is 4. The van der Waals surface area contributed by atoms with Crippen LogP contribution in [0.3, 0.4) is 0 Å². The minimum absolute atomic E-state index is 0.252. The van der Waals surface area contributed by atoms with Crippen LogP contribution >= 0.6 is 11.8 Å². The summed E-state index contributed by atoms with van der Waals surface area (Å²) in [7, 11) is 0. The number of benzene rings is 1. The molecule has 0 radical (unpaired) electrons. The standard InChI is InChI=1S/C23H31N3OS/c1-17-13-22(18(2)26(17)19-7-6-8-21(14-19)28-3)23(27)16-24-12-9-20(15-24)25-10-4-5-11-25/h6-8,13-14,20H,4-5,9-12,15-16H2,1-3H3. The van der Waals surface area contributed by atoms with Gasteiger partial charge in [-0.15, -0.1) is 11.8 Å². The molecule has 1 unspecified atom stereocenters. The number of rotatable bonds is 6. The van der Waals surface area contributed by atoms with Crippen molar-refractivity contribution in [3.8, 4) is 5.69 Å². The van der Waals surface area contributed by atoms with E-state index in [2.05, 4.69) is 64.8 Å². The van der Waals surface area contributed by atoms with E-state index < -0.39 is 0 Å². The van der Waals surface area contributed by atoms with Crippen molar-refractivity contribution >= 4 is 17.5 Å². The summed E-state index contributed by atoms with van der Waals surface area (Å²) in [5.41, 5.74) is 4.18. The van der Waals surface area contributed by atoms with Gasteiger partial charge >= 0.3 is 0 Å². The van der Waals surface area contributed by atoms with Gasteiger partial charge < -0.3 is 4.57 Å². The van der Waals surface area contributed by atoms with Crippen LogP contribution in [0.15, 0.2) is 35.2 Å². The van der Waals surface area contributed by atoms with E-state index in [-0.39, 0.29) is 5.78 Å². The lowest BCUT2D eigenvalue weighted by Crippen LogP contribution is -2.36. The summed E-state index contributed by atoms with van der Waals surface area (Å²) >= 11 is 1.74. The van der Waals surface area contributed by atoms with Crippen molar-refractivity contribution in [2.75, 3.05) is 39.0 Å². The molecule has 2 aliphatic rings. The topological polar surface area (TPSA) is 28.5 Å². The largest absolute Gasteiger partial charge is 0.318 e. The van der Waals surface area contributed by atoms with E-state index in [0.717, 1.165) is 35.7 Å². The third-order valence-corrected chi connectivity index (χ3v) is 7.04. The van der Waals surface area contributed by atoms with Gasteiger partial charge in [-0.05, 0) is 76.7 Å². The van der Waals surface area contributed by atoms with Crippen molar-refractivity contribution in [2.24, 2.45) is 0 Å². The highest BCUT2D eigenvalue weighted by atomic mass is 32.2. The Balaban J connectivity index is 1.48. The van der Waals surface area contributed by atoms with Gasteiger partial charge in [0.2, 0.25) is 0 Å². The summed E-state index contributed by atoms with van der Waals surface area (Å²) in [4.78, 5) is 19.3. The molecule has 2 aromatic rings. The number of likely N-dealkylation sites (tertiary alicyclic amines) is 2. The summed E-state index contributed by atoms with van der Waals surface area (Å²) < 4.78 is 2.21. The molecule has 1 atom stereocenters. The van der Waals surface area contributed by atoms with Gasteiger partial charge in [-0.1, -0.05) is 6.07 Å². The Labute approximate surface area is 172 Å². The third-order valence-electron chi connectivity index (χ3n) is 6.31. The molecule has 1 aromatic carbocycles. The molecule has 2 aliphatic heterocycles. The Morgan fingerprint density at radius 1 is 1.14 bits per heavy atom. The number of thioether (sulfide) groups is 1. The average Bonchev–Trinajstić information content (AvgIpc) is 3.42. The third kappa shape index (κ3) is 3.93. The predicted octanol–water partition coefficient (Wildman–Crippen LogP) is 4.17. The average molecular weight is 398 g/mol. The van der Waals surface area contributed by atoms with Crippen LogP contribution in [0.5, 0.6) is 0 Å². The molecule has 0 saturated carbocycles. The molecule has 3 heterocycles. The first-order chi connectivity index (χ1) is 13.6. The quantitative estimate of drug-likeness (QED) is 0.540. The summed E-state index contributed by atoms with van der Waals surface area (Å²) in [5, 5.41) is 0. The van der Waals surface area contributed by atoms with Crippen molar-refractivity contribution in [3.05, 3.63) is 47.3 Å². The lowest BCUT2D eigenvalue weighted by Gasteiger charge is -2.23. The fraction of sp³-hybridized carbons (Fsp3) is 0.522. The molecule has 0 bridgehead atoms. The highest BCUT2D eigenvalue weighted by molar-refractivity contribution is 7.98. The summed E-state index contributed by atoms with van der Waals surface area (Å²) in [6, 6.07) is 11.2. The van der Waals surface area contributed by atoms with Gasteiger partial charge in [-0.2, -0.15) is 0 Å². The predicted molar refractivity (Wildman–Crippen MR) is 117 cm³/mol. The van der Waals surface area contributed by atoms with E-state index in [0.29, 0.717) is 12.6 Å². The van der Waals surface area contributed by atoms with Crippen molar-refractivity contribution in [2.45, 2.75) is 44.0 Å². The SMILES string of the molecule is CSc1cccc(-n2c(C)cc(C(=O)CN3CCC(N4CCCC4)C3)c2C)c1. The fourth-order valence-corrected chi connectivity index (χ4v) is 5.29. The highest BCUT2D eigenvalue weighted by Crippen LogP contribution is 2.26. The smallest absolute Gasteiger partial charge is 0.178 e. The normalized spacial score (nSPS) is 20.9. The first-order valence-corrected chi connectivity index (χ1v) is 11.6. The molecule has 4 rings (SSSR count). The van der Waals surface area contributed by atoms with Crippen LogP contribution in [0.2, 0.25) is 0 Å². The van der Waals surface area contributed by atoms with Gasteiger partial charge in [0.25, 0.3) is 0 Å². The Hall–Kier alpha value is -1.56. The number of hydrogen-bond donors (Lipinski definition) is 0. The molecule has 28 heavy (non-hydrogen) atoms. The minimum Gasteiger partial charge on any atom is -0.318 e.